The van der Waals surface area contributed by atoms with Crippen molar-refractivity contribution in [2.45, 2.75) is 51.3 Å². The van der Waals surface area contributed by atoms with Crippen molar-refractivity contribution in [3.05, 3.63) is 34.6 Å². The van der Waals surface area contributed by atoms with Gasteiger partial charge in [-0.05, 0) is 51.3 Å². The molecule has 0 spiro atoms. The molecule has 1 aliphatic rings. The molecule has 1 fully saturated rings. The Morgan fingerprint density at radius 3 is 2.52 bits per heavy atom. The number of carboxylic acid groups (broad SMARTS) is 1. The van der Waals surface area contributed by atoms with Crippen LogP contribution in [0.25, 0.3) is 0 Å². The Morgan fingerprint density at radius 2 is 2.00 bits per heavy atom. The maximum Gasteiger partial charge on any atom is 0.411 e. The van der Waals surface area contributed by atoms with Crippen molar-refractivity contribution >= 4 is 23.7 Å². The number of likely N-dealkylation sites (tertiary alicyclic amines) is 1. The number of ether oxygens (including phenoxy) is 1. The SMILES string of the molecule is CC(C)(C)OC(=O)N1[C@@H](C(=O)O)CC[C@H]1c1ccc(F)c(Cl)c1. The quantitative estimate of drug-likeness (QED) is 0.881. The molecule has 2 atom stereocenters. The summed E-state index contributed by atoms with van der Waals surface area (Å²) in [4.78, 5) is 25.1. The summed E-state index contributed by atoms with van der Waals surface area (Å²) < 4.78 is 18.7. The van der Waals surface area contributed by atoms with Gasteiger partial charge in [0.15, 0.2) is 0 Å². The van der Waals surface area contributed by atoms with Gasteiger partial charge >= 0.3 is 12.1 Å². The lowest BCUT2D eigenvalue weighted by molar-refractivity contribution is -0.142. The minimum Gasteiger partial charge on any atom is -0.480 e. The summed E-state index contributed by atoms with van der Waals surface area (Å²) in [6, 6.07) is 2.65. The fourth-order valence-corrected chi connectivity index (χ4v) is 2.86. The van der Waals surface area contributed by atoms with Crippen molar-refractivity contribution in [2.24, 2.45) is 0 Å². The zero-order valence-corrected chi connectivity index (χ0v) is 13.9. The van der Waals surface area contributed by atoms with E-state index in [2.05, 4.69) is 0 Å². The second-order valence-electron chi connectivity index (χ2n) is 6.51. The van der Waals surface area contributed by atoms with Crippen LogP contribution in [-0.4, -0.2) is 33.7 Å². The number of hydrogen-bond acceptors (Lipinski definition) is 3. The van der Waals surface area contributed by atoms with E-state index >= 15 is 0 Å². The molecule has 2 rings (SSSR count). The first kappa shape index (κ1) is 17.5. The predicted octanol–water partition coefficient (Wildman–Crippen LogP) is 4.00. The third-order valence-corrected chi connectivity index (χ3v) is 3.89. The van der Waals surface area contributed by atoms with Crippen molar-refractivity contribution in [2.75, 3.05) is 0 Å². The van der Waals surface area contributed by atoms with Gasteiger partial charge in [0.1, 0.15) is 17.5 Å². The number of carbonyl (C=O) groups is 2. The number of nitrogens with zero attached hydrogens (tertiary/aromatic N) is 1. The lowest BCUT2D eigenvalue weighted by atomic mass is 10.0. The van der Waals surface area contributed by atoms with Crippen molar-refractivity contribution in [1.29, 1.82) is 0 Å². The number of aliphatic carboxylic acids is 1. The van der Waals surface area contributed by atoms with Gasteiger partial charge in [-0.2, -0.15) is 0 Å². The Kier molecular flexibility index (Phi) is 4.84. The molecule has 0 aliphatic carbocycles. The van der Waals surface area contributed by atoms with Crippen LogP contribution in [0, 0.1) is 5.82 Å². The third kappa shape index (κ3) is 3.93. The highest BCUT2D eigenvalue weighted by atomic mass is 35.5. The van der Waals surface area contributed by atoms with Crippen LogP contribution in [-0.2, 0) is 9.53 Å². The van der Waals surface area contributed by atoms with Gasteiger partial charge < -0.3 is 9.84 Å². The Morgan fingerprint density at radius 1 is 1.35 bits per heavy atom. The lowest BCUT2D eigenvalue weighted by Crippen LogP contribution is -2.44. The molecule has 5 nitrogen and oxygen atoms in total. The van der Waals surface area contributed by atoms with Crippen molar-refractivity contribution < 1.29 is 23.8 Å². The van der Waals surface area contributed by atoms with E-state index in [1.165, 1.54) is 23.1 Å². The van der Waals surface area contributed by atoms with Crippen LogP contribution >= 0.6 is 11.6 Å². The molecule has 0 unspecified atom stereocenters. The number of benzene rings is 1. The van der Waals surface area contributed by atoms with Gasteiger partial charge in [0.2, 0.25) is 0 Å². The molecule has 126 valence electrons. The first-order valence-electron chi connectivity index (χ1n) is 7.29. The zero-order valence-electron chi connectivity index (χ0n) is 13.2. The molecule has 0 aromatic heterocycles. The van der Waals surface area contributed by atoms with Crippen LogP contribution in [0.4, 0.5) is 9.18 Å². The van der Waals surface area contributed by atoms with Gasteiger partial charge in [-0.1, -0.05) is 17.7 Å². The highest BCUT2D eigenvalue weighted by molar-refractivity contribution is 6.30. The van der Waals surface area contributed by atoms with E-state index in [1.54, 1.807) is 20.8 Å². The molecular formula is C16H19ClFNO4. The van der Waals surface area contributed by atoms with Crippen molar-refractivity contribution in [3.8, 4) is 0 Å². The molecule has 1 saturated heterocycles. The monoisotopic (exact) mass is 343 g/mol. The Bertz CT molecular complexity index is 629. The molecular weight excluding hydrogens is 325 g/mol. The molecule has 1 amide bonds. The first-order valence-corrected chi connectivity index (χ1v) is 7.67. The molecule has 1 aliphatic heterocycles. The fourth-order valence-electron chi connectivity index (χ4n) is 2.67. The van der Waals surface area contributed by atoms with E-state index in [9.17, 15) is 19.1 Å². The van der Waals surface area contributed by atoms with Gasteiger partial charge in [-0.25, -0.2) is 14.0 Å². The minimum atomic E-state index is -1.09. The molecule has 0 radical (unpaired) electrons. The van der Waals surface area contributed by atoms with Gasteiger partial charge in [-0.15, -0.1) is 0 Å². The van der Waals surface area contributed by atoms with Crippen LogP contribution in [0.5, 0.6) is 0 Å². The topological polar surface area (TPSA) is 66.8 Å². The maximum absolute atomic E-state index is 13.3. The second kappa shape index (κ2) is 6.35. The molecule has 1 aromatic carbocycles. The highest BCUT2D eigenvalue weighted by Gasteiger charge is 2.43. The average Bonchev–Trinajstić information content (AvgIpc) is 2.85. The Labute approximate surface area is 139 Å². The molecule has 1 N–H and O–H groups in total. The summed E-state index contributed by atoms with van der Waals surface area (Å²) in [7, 11) is 0. The summed E-state index contributed by atoms with van der Waals surface area (Å²) >= 11 is 5.80. The zero-order chi connectivity index (χ0) is 17.4. The highest BCUT2D eigenvalue weighted by Crippen LogP contribution is 2.38. The molecule has 0 saturated carbocycles. The Hall–Kier alpha value is -1.82. The van der Waals surface area contributed by atoms with Gasteiger partial charge in [0, 0.05) is 0 Å². The molecule has 1 aromatic rings. The summed E-state index contributed by atoms with van der Waals surface area (Å²) in [6.45, 7) is 5.13. The molecule has 1 heterocycles. The lowest BCUT2D eigenvalue weighted by Gasteiger charge is -2.31. The third-order valence-electron chi connectivity index (χ3n) is 3.60. The van der Waals surface area contributed by atoms with Crippen LogP contribution in [0.3, 0.4) is 0 Å². The van der Waals surface area contributed by atoms with E-state index in [4.69, 9.17) is 16.3 Å². The summed E-state index contributed by atoms with van der Waals surface area (Å²) in [6.07, 6.45) is 0.0414. The number of carbonyl (C=O) groups excluding carboxylic acids is 1. The molecule has 7 heteroatoms. The van der Waals surface area contributed by atoms with Crippen LogP contribution in [0.15, 0.2) is 18.2 Å². The van der Waals surface area contributed by atoms with E-state index in [0.29, 0.717) is 18.4 Å². The summed E-state index contributed by atoms with van der Waals surface area (Å²) in [5.41, 5.74) is -0.153. The maximum atomic E-state index is 13.3. The number of amides is 1. The average molecular weight is 344 g/mol. The van der Waals surface area contributed by atoms with E-state index in [-0.39, 0.29) is 5.02 Å². The van der Waals surface area contributed by atoms with Gasteiger partial charge in [0.05, 0.1) is 11.1 Å². The summed E-state index contributed by atoms with van der Waals surface area (Å²) in [5.74, 6) is -1.65. The summed E-state index contributed by atoms with van der Waals surface area (Å²) in [5, 5.41) is 9.29. The van der Waals surface area contributed by atoms with E-state index in [0.717, 1.165) is 0 Å². The first-order chi connectivity index (χ1) is 10.6. The van der Waals surface area contributed by atoms with Crippen LogP contribution < -0.4 is 0 Å². The fraction of sp³-hybridized carbons (Fsp3) is 0.500. The van der Waals surface area contributed by atoms with Crippen LogP contribution in [0.2, 0.25) is 5.02 Å². The van der Waals surface area contributed by atoms with Gasteiger partial charge in [0.25, 0.3) is 0 Å². The number of halogens is 2. The number of hydrogen-bond donors (Lipinski definition) is 1. The van der Waals surface area contributed by atoms with E-state index < -0.39 is 35.6 Å². The standard InChI is InChI=1S/C16H19ClFNO4/c1-16(2,3)23-15(22)19-12(6-7-13(19)14(20)21)9-4-5-11(18)10(17)8-9/h4-5,8,12-13H,6-7H2,1-3H3,(H,20,21)/t12-,13+/m0/s1. The Balaban J connectivity index is 2.35. The van der Waals surface area contributed by atoms with Crippen molar-refractivity contribution in [3.63, 3.8) is 0 Å². The van der Waals surface area contributed by atoms with Gasteiger partial charge in [-0.3, -0.25) is 4.90 Å². The normalized spacial score (nSPS) is 21.3. The minimum absolute atomic E-state index is 0.0644. The van der Waals surface area contributed by atoms with Crippen molar-refractivity contribution in [1.82, 2.24) is 4.90 Å². The predicted molar refractivity (Wildman–Crippen MR) is 82.9 cm³/mol. The largest absolute Gasteiger partial charge is 0.480 e. The number of rotatable bonds is 2. The smallest absolute Gasteiger partial charge is 0.411 e. The van der Waals surface area contributed by atoms with E-state index in [1.807, 2.05) is 0 Å². The van der Waals surface area contributed by atoms with Crippen LogP contribution in [0.1, 0.15) is 45.2 Å². The molecule has 0 bridgehead atoms. The number of carboxylic acids is 1. The second-order valence-corrected chi connectivity index (χ2v) is 6.92. The molecule has 23 heavy (non-hydrogen) atoms.